The molecule has 10 heteroatoms. The van der Waals surface area contributed by atoms with Gasteiger partial charge in [0.15, 0.2) is 17.9 Å². The van der Waals surface area contributed by atoms with Crippen molar-refractivity contribution in [3.8, 4) is 11.5 Å². The molecule has 0 radical (unpaired) electrons. The van der Waals surface area contributed by atoms with Crippen LogP contribution in [0.1, 0.15) is 64.7 Å². The molecule has 1 saturated heterocycles. The highest BCUT2D eigenvalue weighted by Gasteiger charge is 2.45. The zero-order chi connectivity index (χ0) is 25.4. The Hall–Kier alpha value is -1.94. The molecule has 0 N–H and O–H groups in total. The Morgan fingerprint density at radius 2 is 1.69 bits per heavy atom. The lowest BCUT2D eigenvalue weighted by Gasteiger charge is -2.39. The molecule has 1 heterocycles. The maximum absolute atomic E-state index is 14.7. The molecule has 1 aliphatic carbocycles. The molecule has 2 aliphatic rings. The van der Waals surface area contributed by atoms with Crippen LogP contribution in [0, 0.1) is 23.6 Å². The van der Waals surface area contributed by atoms with E-state index in [0.29, 0.717) is 38.0 Å². The van der Waals surface area contributed by atoms with Gasteiger partial charge in [0, 0.05) is 17.9 Å². The van der Waals surface area contributed by atoms with Gasteiger partial charge in [-0.1, -0.05) is 32.6 Å². The Morgan fingerprint density at radius 3 is 2.29 bits per heavy atom. The predicted octanol–water partition coefficient (Wildman–Crippen LogP) is 7.98. The van der Waals surface area contributed by atoms with Gasteiger partial charge in [-0.2, -0.15) is 22.0 Å². The van der Waals surface area contributed by atoms with Crippen molar-refractivity contribution >= 4 is 0 Å². The maximum atomic E-state index is 14.7. The van der Waals surface area contributed by atoms with Crippen molar-refractivity contribution < 1.29 is 45.3 Å². The van der Waals surface area contributed by atoms with Crippen LogP contribution in [0.5, 0.6) is 11.5 Å². The summed E-state index contributed by atoms with van der Waals surface area (Å²) in [6, 6.07) is -0.0764. The lowest BCUT2D eigenvalue weighted by molar-refractivity contribution is -0.248. The number of hydrogen-bond acceptors (Lipinski definition) is 4. The fourth-order valence-electron chi connectivity index (χ4n) is 4.59. The molecule has 1 aliphatic heterocycles. The second-order valence-corrected chi connectivity index (χ2v) is 9.25. The molecule has 0 atom stereocenters. The third kappa shape index (κ3) is 8.03. The van der Waals surface area contributed by atoms with Gasteiger partial charge in [0.1, 0.15) is 5.75 Å². The number of halogens is 6. The van der Waals surface area contributed by atoms with Crippen molar-refractivity contribution in [2.24, 2.45) is 17.8 Å². The van der Waals surface area contributed by atoms with E-state index in [9.17, 15) is 26.3 Å². The average Bonchev–Trinajstić information content (AvgIpc) is 2.84. The molecule has 1 saturated carbocycles. The van der Waals surface area contributed by atoms with Crippen LogP contribution < -0.4 is 9.47 Å². The number of benzene rings is 1. The number of rotatable bonds is 11. The van der Waals surface area contributed by atoms with Gasteiger partial charge in [-0.15, -0.1) is 0 Å². The Bertz CT molecular complexity index is 829. The van der Waals surface area contributed by atoms with Crippen molar-refractivity contribution in [2.45, 2.75) is 77.1 Å². The number of alkyl halides is 2. The average molecular weight is 511 g/mol. The summed E-state index contributed by atoms with van der Waals surface area (Å²) in [7, 11) is 0. The van der Waals surface area contributed by atoms with Crippen LogP contribution in [0.25, 0.3) is 0 Å². The highest BCUT2D eigenvalue weighted by molar-refractivity contribution is 5.34. The van der Waals surface area contributed by atoms with Crippen molar-refractivity contribution in [1.82, 2.24) is 0 Å². The summed E-state index contributed by atoms with van der Waals surface area (Å²) in [6.07, 6.45) is 0.428. The smallest absolute Gasteiger partial charge is 0.400 e. The Kier molecular flexibility index (Phi) is 10.1. The van der Waals surface area contributed by atoms with E-state index in [4.69, 9.17) is 14.2 Å². The molecule has 1 aromatic rings. The van der Waals surface area contributed by atoms with Gasteiger partial charge >= 0.3 is 18.2 Å². The molecule has 0 bridgehead atoms. The highest BCUT2D eigenvalue weighted by Crippen LogP contribution is 2.42. The third-order valence-corrected chi connectivity index (χ3v) is 6.60. The first kappa shape index (κ1) is 27.6. The minimum atomic E-state index is -3.58. The van der Waals surface area contributed by atoms with Gasteiger partial charge in [-0.25, -0.2) is 4.39 Å². The second-order valence-electron chi connectivity index (χ2n) is 9.25. The Balaban J connectivity index is 1.45. The van der Waals surface area contributed by atoms with Gasteiger partial charge in [-0.05, 0) is 44.2 Å². The zero-order valence-electron chi connectivity index (χ0n) is 19.7. The normalized spacial score (nSPS) is 25.2. The monoisotopic (exact) mass is 510 g/mol. The molecule has 0 unspecified atom stereocenters. The SMILES string of the molecule is CCCCCCC1COC(C2CCC(C(F)(F)Oc3ccc(OC(F)=C(F)F)c(F)c3)CC2)OC1. The molecule has 0 aromatic heterocycles. The first-order chi connectivity index (χ1) is 16.7. The molecule has 1 aromatic carbocycles. The fraction of sp³-hybridized carbons (Fsp3) is 0.680. The zero-order valence-corrected chi connectivity index (χ0v) is 19.7. The predicted molar refractivity (Wildman–Crippen MR) is 116 cm³/mol. The Labute approximate surface area is 201 Å². The third-order valence-electron chi connectivity index (χ3n) is 6.60. The first-order valence-electron chi connectivity index (χ1n) is 12.2. The summed E-state index contributed by atoms with van der Waals surface area (Å²) >= 11 is 0. The van der Waals surface area contributed by atoms with Gasteiger partial charge in [-0.3, -0.25) is 0 Å². The summed E-state index contributed by atoms with van der Waals surface area (Å²) in [5, 5.41) is 0. The number of hydrogen-bond donors (Lipinski definition) is 0. The lowest BCUT2D eigenvalue weighted by atomic mass is 9.80. The topological polar surface area (TPSA) is 36.9 Å². The van der Waals surface area contributed by atoms with Crippen LogP contribution in [0.15, 0.2) is 30.3 Å². The van der Waals surface area contributed by atoms with Gasteiger partial charge in [0.05, 0.1) is 19.1 Å². The molecule has 0 amide bonds. The fourth-order valence-corrected chi connectivity index (χ4v) is 4.59. The molecular weight excluding hydrogens is 478 g/mol. The molecular formula is C25H32F6O4. The summed E-state index contributed by atoms with van der Waals surface area (Å²) < 4.78 is 101. The van der Waals surface area contributed by atoms with Crippen molar-refractivity contribution in [3.63, 3.8) is 0 Å². The van der Waals surface area contributed by atoms with Crippen LogP contribution in [-0.2, 0) is 9.47 Å². The van der Waals surface area contributed by atoms with Crippen molar-refractivity contribution in [2.75, 3.05) is 13.2 Å². The van der Waals surface area contributed by atoms with Crippen LogP contribution in [-0.4, -0.2) is 25.6 Å². The Morgan fingerprint density at radius 1 is 1.00 bits per heavy atom. The van der Waals surface area contributed by atoms with E-state index in [0.717, 1.165) is 25.0 Å². The number of ether oxygens (including phenoxy) is 4. The molecule has 3 rings (SSSR count). The molecule has 2 fully saturated rings. The van der Waals surface area contributed by atoms with Gasteiger partial charge < -0.3 is 18.9 Å². The lowest BCUT2D eigenvalue weighted by Crippen LogP contribution is -2.42. The minimum absolute atomic E-state index is 0.0239. The van der Waals surface area contributed by atoms with Crippen molar-refractivity contribution in [3.05, 3.63) is 36.1 Å². The van der Waals surface area contributed by atoms with Gasteiger partial charge in [0.25, 0.3) is 0 Å². The second kappa shape index (κ2) is 12.9. The van der Waals surface area contributed by atoms with Crippen LogP contribution in [0.3, 0.4) is 0 Å². The summed E-state index contributed by atoms with van der Waals surface area (Å²) in [5.74, 6) is -3.39. The standard InChI is InChI=1S/C25H32F6O4/c1-2-3-4-5-6-16-14-32-24(33-15-16)17-7-9-18(10-8-17)25(30,31)35-19-11-12-21(20(26)13-19)34-23(29)22(27)28/h11-13,16-18,24H,2-10,14-15H2,1H3. The minimum Gasteiger partial charge on any atom is -0.432 e. The van der Waals surface area contributed by atoms with Crippen LogP contribution >= 0.6 is 0 Å². The maximum Gasteiger partial charge on any atom is 0.400 e. The molecule has 0 spiro atoms. The van der Waals surface area contributed by atoms with E-state index in [-0.39, 0.29) is 25.0 Å². The van der Waals surface area contributed by atoms with Crippen LogP contribution in [0.2, 0.25) is 0 Å². The van der Waals surface area contributed by atoms with E-state index >= 15 is 0 Å². The van der Waals surface area contributed by atoms with E-state index < -0.39 is 41.4 Å². The summed E-state index contributed by atoms with van der Waals surface area (Å²) in [5.41, 5.74) is 0. The van der Waals surface area contributed by atoms with E-state index in [1.54, 1.807) is 0 Å². The molecule has 4 nitrogen and oxygen atoms in total. The molecule has 198 valence electrons. The summed E-state index contributed by atoms with van der Waals surface area (Å²) in [4.78, 5) is 0. The van der Waals surface area contributed by atoms with E-state index in [1.807, 2.05) is 0 Å². The summed E-state index contributed by atoms with van der Waals surface area (Å²) in [6.45, 7) is 3.42. The number of unbranched alkanes of at least 4 members (excludes halogenated alkanes) is 3. The largest absolute Gasteiger partial charge is 0.432 e. The van der Waals surface area contributed by atoms with Crippen molar-refractivity contribution in [1.29, 1.82) is 0 Å². The highest BCUT2D eigenvalue weighted by atomic mass is 19.3. The quantitative estimate of drug-likeness (QED) is 0.172. The molecule has 35 heavy (non-hydrogen) atoms. The first-order valence-corrected chi connectivity index (χ1v) is 12.2. The van der Waals surface area contributed by atoms with Gasteiger partial charge in [0.2, 0.25) is 0 Å². The van der Waals surface area contributed by atoms with Crippen LogP contribution in [0.4, 0.5) is 26.3 Å². The van der Waals surface area contributed by atoms with E-state index in [1.165, 1.54) is 19.3 Å². The van der Waals surface area contributed by atoms with E-state index in [2.05, 4.69) is 11.7 Å².